The van der Waals surface area contributed by atoms with Crippen LogP contribution in [-0.2, 0) is 20.2 Å². The van der Waals surface area contributed by atoms with E-state index in [1.807, 2.05) is 18.2 Å². The molecule has 0 spiro atoms. The van der Waals surface area contributed by atoms with Gasteiger partial charge in [-0.2, -0.15) is 4.31 Å². The Morgan fingerprint density at radius 3 is 2.47 bits per heavy atom. The Labute approximate surface area is 182 Å². The third-order valence-electron chi connectivity index (χ3n) is 5.93. The van der Waals surface area contributed by atoms with E-state index in [1.54, 1.807) is 12.1 Å². The van der Waals surface area contributed by atoms with Crippen LogP contribution >= 0.6 is 11.6 Å². The van der Waals surface area contributed by atoms with Crippen LogP contribution in [0.5, 0.6) is 5.75 Å². The van der Waals surface area contributed by atoms with Crippen molar-refractivity contribution >= 4 is 33.2 Å². The van der Waals surface area contributed by atoms with Crippen LogP contribution in [0.4, 0.5) is 5.69 Å². The van der Waals surface area contributed by atoms with Gasteiger partial charge in [0.25, 0.3) is 0 Å². The molecule has 0 unspecified atom stereocenters. The molecular weight excluding hydrogens is 424 g/mol. The highest BCUT2D eigenvalue weighted by molar-refractivity contribution is 7.89. The van der Waals surface area contributed by atoms with Crippen LogP contribution in [0, 0.1) is 0 Å². The van der Waals surface area contributed by atoms with Crippen molar-refractivity contribution in [3.63, 3.8) is 0 Å². The zero-order valence-corrected chi connectivity index (χ0v) is 18.4. The summed E-state index contributed by atoms with van der Waals surface area (Å²) in [6.45, 7) is 1.04. The lowest BCUT2D eigenvalue weighted by Gasteiger charge is -2.26. The zero-order valence-electron chi connectivity index (χ0n) is 16.9. The second-order valence-electron chi connectivity index (χ2n) is 7.87. The maximum atomic E-state index is 13.2. The molecule has 0 atom stereocenters. The second-order valence-corrected chi connectivity index (χ2v) is 10.2. The maximum Gasteiger partial charge on any atom is 0.243 e. The van der Waals surface area contributed by atoms with Crippen LogP contribution < -0.4 is 10.1 Å². The van der Waals surface area contributed by atoms with Crippen molar-refractivity contribution in [2.75, 3.05) is 25.5 Å². The molecule has 1 amide bonds. The van der Waals surface area contributed by atoms with E-state index < -0.39 is 15.4 Å². The van der Waals surface area contributed by atoms with Gasteiger partial charge in [0, 0.05) is 18.1 Å². The lowest BCUT2D eigenvalue weighted by atomic mass is 9.95. The number of methoxy groups -OCH3 is 1. The van der Waals surface area contributed by atoms with Gasteiger partial charge in [-0.3, -0.25) is 4.79 Å². The van der Waals surface area contributed by atoms with E-state index in [4.69, 9.17) is 16.3 Å². The summed E-state index contributed by atoms with van der Waals surface area (Å²) in [6.07, 6.45) is 4.20. The van der Waals surface area contributed by atoms with E-state index in [0.717, 1.165) is 24.8 Å². The van der Waals surface area contributed by atoms with Crippen LogP contribution in [0.1, 0.15) is 37.7 Å². The van der Waals surface area contributed by atoms with E-state index in [0.29, 0.717) is 42.4 Å². The van der Waals surface area contributed by atoms with Crippen molar-refractivity contribution in [1.82, 2.24) is 4.31 Å². The largest absolute Gasteiger partial charge is 0.495 e. The molecule has 30 heavy (non-hydrogen) atoms. The van der Waals surface area contributed by atoms with Crippen LogP contribution in [0.2, 0.25) is 5.02 Å². The number of sulfonamides is 1. The van der Waals surface area contributed by atoms with Gasteiger partial charge in [0.05, 0.1) is 23.1 Å². The van der Waals surface area contributed by atoms with Gasteiger partial charge in [-0.25, -0.2) is 8.42 Å². The van der Waals surface area contributed by atoms with Gasteiger partial charge in [0.1, 0.15) is 5.75 Å². The minimum Gasteiger partial charge on any atom is -0.495 e. The molecule has 6 nitrogen and oxygen atoms in total. The smallest absolute Gasteiger partial charge is 0.243 e. The summed E-state index contributed by atoms with van der Waals surface area (Å²) < 4.78 is 33.0. The molecule has 2 fully saturated rings. The predicted octanol–water partition coefficient (Wildman–Crippen LogP) is 4.19. The third-order valence-corrected chi connectivity index (χ3v) is 8.06. The molecule has 1 aliphatic heterocycles. The molecule has 2 aliphatic rings. The van der Waals surface area contributed by atoms with Crippen LogP contribution in [-0.4, -0.2) is 38.8 Å². The highest BCUT2D eigenvalue weighted by Gasteiger charge is 2.51. The van der Waals surface area contributed by atoms with E-state index in [1.165, 1.54) is 23.5 Å². The summed E-state index contributed by atoms with van der Waals surface area (Å²) in [5, 5.41) is 3.49. The molecule has 1 heterocycles. The molecule has 1 N–H and O–H groups in total. The Kier molecular flexibility index (Phi) is 5.79. The summed E-state index contributed by atoms with van der Waals surface area (Å²) >= 11 is 6.11. The number of piperidine rings is 1. The second kappa shape index (κ2) is 8.21. The lowest BCUT2D eigenvalue weighted by molar-refractivity contribution is -0.118. The Bertz CT molecular complexity index is 1060. The Morgan fingerprint density at radius 1 is 1.10 bits per heavy atom. The van der Waals surface area contributed by atoms with Crippen LogP contribution in [0.3, 0.4) is 0 Å². The maximum absolute atomic E-state index is 13.2. The van der Waals surface area contributed by atoms with Gasteiger partial charge >= 0.3 is 0 Å². The number of rotatable bonds is 6. The number of ether oxygens (including phenoxy) is 1. The summed E-state index contributed by atoms with van der Waals surface area (Å²) in [7, 11) is -2.12. The van der Waals surface area contributed by atoms with Gasteiger partial charge in [0.2, 0.25) is 15.9 Å². The Hall–Kier alpha value is -2.09. The summed E-state index contributed by atoms with van der Waals surface area (Å²) in [6, 6.07) is 11.9. The number of halogens is 1. The first kappa shape index (κ1) is 21.2. The van der Waals surface area contributed by atoms with Crippen LogP contribution in [0.15, 0.2) is 47.4 Å². The standard InChI is InChI=1S/C22H25ClN2O4S/c1-29-20-9-8-18(30(27,28)25-12-3-2-4-13-25)15-19(20)24-21(26)22(10-11-22)16-6-5-7-17(23)14-16/h5-9,14-15H,2-4,10-13H2,1H3,(H,24,26). The van der Waals surface area contributed by atoms with Gasteiger partial charge < -0.3 is 10.1 Å². The number of hydrogen-bond donors (Lipinski definition) is 1. The fraction of sp³-hybridized carbons (Fsp3) is 0.409. The minimum absolute atomic E-state index is 0.160. The summed E-state index contributed by atoms with van der Waals surface area (Å²) in [4.78, 5) is 13.3. The van der Waals surface area contributed by atoms with Crippen molar-refractivity contribution in [3.05, 3.63) is 53.1 Å². The van der Waals surface area contributed by atoms with Crippen molar-refractivity contribution in [2.24, 2.45) is 0 Å². The van der Waals surface area contributed by atoms with Crippen molar-refractivity contribution in [3.8, 4) is 5.75 Å². The first-order valence-corrected chi connectivity index (χ1v) is 11.9. The molecule has 160 valence electrons. The lowest BCUT2D eigenvalue weighted by Crippen LogP contribution is -2.35. The molecule has 1 saturated carbocycles. The molecule has 0 radical (unpaired) electrons. The number of carbonyl (C=O) groups is 1. The molecule has 2 aromatic carbocycles. The van der Waals surface area contributed by atoms with Crippen molar-refractivity contribution < 1.29 is 17.9 Å². The highest BCUT2D eigenvalue weighted by atomic mass is 35.5. The molecule has 1 aliphatic carbocycles. The summed E-state index contributed by atoms with van der Waals surface area (Å²) in [5.41, 5.74) is 0.579. The quantitative estimate of drug-likeness (QED) is 0.718. The first-order chi connectivity index (χ1) is 14.4. The molecule has 8 heteroatoms. The molecule has 0 bridgehead atoms. The fourth-order valence-electron chi connectivity index (χ4n) is 4.00. The fourth-order valence-corrected chi connectivity index (χ4v) is 5.73. The predicted molar refractivity (Wildman–Crippen MR) is 117 cm³/mol. The van der Waals surface area contributed by atoms with Crippen molar-refractivity contribution in [1.29, 1.82) is 0 Å². The topological polar surface area (TPSA) is 75.7 Å². The van der Waals surface area contributed by atoms with Gasteiger partial charge in [-0.15, -0.1) is 0 Å². The van der Waals surface area contributed by atoms with Crippen molar-refractivity contribution in [2.45, 2.75) is 42.4 Å². The Balaban J connectivity index is 1.62. The number of amides is 1. The molecule has 1 saturated heterocycles. The SMILES string of the molecule is COc1ccc(S(=O)(=O)N2CCCCC2)cc1NC(=O)C1(c2cccc(Cl)c2)CC1. The van der Waals surface area contributed by atoms with E-state index in [-0.39, 0.29) is 10.8 Å². The number of carbonyl (C=O) groups excluding carboxylic acids is 1. The van der Waals surface area contributed by atoms with Gasteiger partial charge in [-0.1, -0.05) is 30.2 Å². The number of nitrogens with zero attached hydrogens (tertiary/aromatic N) is 1. The molecule has 0 aromatic heterocycles. The third kappa shape index (κ3) is 3.94. The van der Waals surface area contributed by atoms with E-state index in [2.05, 4.69) is 5.32 Å². The minimum atomic E-state index is -3.61. The molecule has 4 rings (SSSR count). The van der Waals surface area contributed by atoms with Gasteiger partial charge in [-0.05, 0) is 61.6 Å². The molecular formula is C22H25ClN2O4S. The molecule has 2 aromatic rings. The van der Waals surface area contributed by atoms with Gasteiger partial charge in [0.15, 0.2) is 0 Å². The summed E-state index contributed by atoms with van der Waals surface area (Å²) in [5.74, 6) is 0.235. The monoisotopic (exact) mass is 448 g/mol. The number of nitrogens with one attached hydrogen (secondary N) is 1. The zero-order chi connectivity index (χ0) is 21.4. The average molecular weight is 449 g/mol. The number of hydrogen-bond acceptors (Lipinski definition) is 4. The van der Waals surface area contributed by atoms with E-state index >= 15 is 0 Å². The highest BCUT2D eigenvalue weighted by Crippen LogP contribution is 2.49. The number of anilines is 1. The normalized spacial score (nSPS) is 18.6. The van der Waals surface area contributed by atoms with Crippen LogP contribution in [0.25, 0.3) is 0 Å². The first-order valence-electron chi connectivity index (χ1n) is 10.1. The number of benzene rings is 2. The van der Waals surface area contributed by atoms with E-state index in [9.17, 15) is 13.2 Å². The average Bonchev–Trinajstić information content (AvgIpc) is 3.56. The Morgan fingerprint density at radius 2 is 1.83 bits per heavy atom.